The third-order valence-corrected chi connectivity index (χ3v) is 2.49. The van der Waals surface area contributed by atoms with Crippen molar-refractivity contribution < 1.29 is 0 Å². The van der Waals surface area contributed by atoms with Gasteiger partial charge in [0, 0.05) is 0 Å². The zero-order valence-electron chi connectivity index (χ0n) is 6.73. The van der Waals surface area contributed by atoms with Gasteiger partial charge < -0.3 is 0 Å². The van der Waals surface area contributed by atoms with Crippen LogP contribution in [0.1, 0.15) is 26.7 Å². The van der Waals surface area contributed by atoms with Gasteiger partial charge in [-0.2, -0.15) is 0 Å². The van der Waals surface area contributed by atoms with E-state index in [4.69, 9.17) is 0 Å². The van der Waals surface area contributed by atoms with E-state index in [1.807, 2.05) is 0 Å². The van der Waals surface area contributed by atoms with Crippen molar-refractivity contribution in [2.24, 2.45) is 5.92 Å². The smallest absolute Gasteiger partial charge is 0.0104 e. The summed E-state index contributed by atoms with van der Waals surface area (Å²) >= 11 is 2.29. The van der Waals surface area contributed by atoms with Gasteiger partial charge in [-0.05, 0) is 44.9 Å². The molecule has 0 saturated heterocycles. The van der Waals surface area contributed by atoms with Crippen LogP contribution < -0.4 is 0 Å². The highest BCUT2D eigenvalue weighted by Gasteiger charge is 1.98. The second kappa shape index (κ2) is 5.96. The van der Waals surface area contributed by atoms with Crippen LogP contribution >= 0.6 is 22.6 Å². The van der Waals surface area contributed by atoms with E-state index >= 15 is 0 Å². The van der Waals surface area contributed by atoms with E-state index in [-0.39, 0.29) is 0 Å². The first-order valence-corrected chi connectivity index (χ1v) is 4.75. The highest BCUT2D eigenvalue weighted by atomic mass is 127. The topological polar surface area (TPSA) is 0 Å². The predicted molar refractivity (Wildman–Crippen MR) is 56.4 cm³/mol. The SMILES string of the molecule is C=C(I)C(C)C/C=C\CC. The largest absolute Gasteiger partial charge is 0.0894 e. The normalized spacial score (nSPS) is 13.9. The summed E-state index contributed by atoms with van der Waals surface area (Å²) in [6.45, 7) is 8.24. The maximum absolute atomic E-state index is 3.89. The van der Waals surface area contributed by atoms with Gasteiger partial charge >= 0.3 is 0 Å². The molecule has 0 radical (unpaired) electrons. The molecule has 0 aromatic rings. The van der Waals surface area contributed by atoms with E-state index < -0.39 is 0 Å². The standard InChI is InChI=1S/C9H15I/c1-4-5-6-7-8(2)9(3)10/h5-6,8H,3-4,7H2,1-2H3/b6-5-. The number of halogens is 1. The van der Waals surface area contributed by atoms with E-state index in [2.05, 4.69) is 55.2 Å². The van der Waals surface area contributed by atoms with Gasteiger partial charge in [0.1, 0.15) is 0 Å². The fraction of sp³-hybridized carbons (Fsp3) is 0.556. The molecule has 1 atom stereocenters. The lowest BCUT2D eigenvalue weighted by Gasteiger charge is -2.04. The summed E-state index contributed by atoms with van der Waals surface area (Å²) in [7, 11) is 0. The monoisotopic (exact) mass is 250 g/mol. The average molecular weight is 250 g/mol. The second-order valence-corrected chi connectivity index (χ2v) is 3.85. The zero-order valence-corrected chi connectivity index (χ0v) is 8.89. The molecular formula is C9H15I. The molecule has 0 aliphatic heterocycles. The van der Waals surface area contributed by atoms with Crippen LogP contribution in [0.25, 0.3) is 0 Å². The van der Waals surface area contributed by atoms with Crippen LogP contribution in [0.3, 0.4) is 0 Å². The molecule has 0 N–H and O–H groups in total. The van der Waals surface area contributed by atoms with Gasteiger partial charge in [-0.1, -0.05) is 32.6 Å². The van der Waals surface area contributed by atoms with Gasteiger partial charge in [-0.25, -0.2) is 0 Å². The summed E-state index contributed by atoms with van der Waals surface area (Å²) in [6.07, 6.45) is 6.71. The summed E-state index contributed by atoms with van der Waals surface area (Å²) in [5.41, 5.74) is 0. The minimum Gasteiger partial charge on any atom is -0.0894 e. The fourth-order valence-electron chi connectivity index (χ4n) is 0.595. The maximum Gasteiger partial charge on any atom is -0.0104 e. The van der Waals surface area contributed by atoms with E-state index in [0.717, 1.165) is 12.8 Å². The van der Waals surface area contributed by atoms with Crippen molar-refractivity contribution in [3.05, 3.63) is 22.3 Å². The van der Waals surface area contributed by atoms with Gasteiger partial charge in [0.05, 0.1) is 0 Å². The summed E-state index contributed by atoms with van der Waals surface area (Å²) in [4.78, 5) is 0. The molecule has 0 spiro atoms. The maximum atomic E-state index is 3.89. The van der Waals surface area contributed by atoms with Crippen molar-refractivity contribution in [3.63, 3.8) is 0 Å². The van der Waals surface area contributed by atoms with Crippen molar-refractivity contribution in [1.82, 2.24) is 0 Å². The summed E-state index contributed by atoms with van der Waals surface area (Å²) < 4.78 is 1.25. The Labute approximate surface area is 77.5 Å². The Balaban J connectivity index is 3.48. The molecule has 0 aromatic carbocycles. The predicted octanol–water partition coefficient (Wildman–Crippen LogP) is 3.93. The van der Waals surface area contributed by atoms with Crippen molar-refractivity contribution >= 4 is 22.6 Å². The third-order valence-electron chi connectivity index (χ3n) is 1.43. The molecular weight excluding hydrogens is 235 g/mol. The van der Waals surface area contributed by atoms with Crippen molar-refractivity contribution in [2.75, 3.05) is 0 Å². The molecule has 0 saturated carbocycles. The van der Waals surface area contributed by atoms with E-state index in [9.17, 15) is 0 Å². The molecule has 0 aromatic heterocycles. The Kier molecular flexibility index (Phi) is 6.08. The summed E-state index contributed by atoms with van der Waals surface area (Å²) in [5, 5.41) is 0. The molecule has 0 fully saturated rings. The van der Waals surface area contributed by atoms with Crippen LogP contribution in [0, 0.1) is 5.92 Å². The molecule has 0 amide bonds. The lowest BCUT2D eigenvalue weighted by atomic mass is 10.1. The van der Waals surface area contributed by atoms with E-state index in [1.165, 1.54) is 3.58 Å². The third kappa shape index (κ3) is 5.03. The van der Waals surface area contributed by atoms with Crippen LogP contribution in [-0.4, -0.2) is 0 Å². The first kappa shape index (κ1) is 10.2. The van der Waals surface area contributed by atoms with Gasteiger partial charge in [0.25, 0.3) is 0 Å². The first-order chi connectivity index (χ1) is 4.68. The number of rotatable bonds is 4. The molecule has 0 heterocycles. The average Bonchev–Trinajstić information content (AvgIpc) is 1.88. The molecule has 10 heavy (non-hydrogen) atoms. The lowest BCUT2D eigenvalue weighted by molar-refractivity contribution is 0.739. The van der Waals surface area contributed by atoms with Crippen LogP contribution in [0.2, 0.25) is 0 Å². The van der Waals surface area contributed by atoms with Crippen LogP contribution in [-0.2, 0) is 0 Å². The van der Waals surface area contributed by atoms with Gasteiger partial charge in [0.2, 0.25) is 0 Å². The van der Waals surface area contributed by atoms with Gasteiger partial charge in [-0.15, -0.1) is 0 Å². The Bertz CT molecular complexity index is 125. The molecule has 0 nitrogen and oxygen atoms in total. The minimum absolute atomic E-state index is 0.628. The molecule has 0 bridgehead atoms. The Morgan fingerprint density at radius 2 is 2.20 bits per heavy atom. The van der Waals surface area contributed by atoms with Crippen molar-refractivity contribution in [1.29, 1.82) is 0 Å². The van der Waals surface area contributed by atoms with Crippen molar-refractivity contribution in [2.45, 2.75) is 26.7 Å². The fourth-order valence-corrected chi connectivity index (χ4v) is 0.849. The number of hydrogen-bond donors (Lipinski definition) is 0. The van der Waals surface area contributed by atoms with Gasteiger partial charge in [0.15, 0.2) is 0 Å². The zero-order chi connectivity index (χ0) is 7.98. The minimum atomic E-state index is 0.628. The highest BCUT2D eigenvalue weighted by Crippen LogP contribution is 2.19. The summed E-state index contributed by atoms with van der Waals surface area (Å²) in [6, 6.07) is 0. The van der Waals surface area contributed by atoms with Crippen LogP contribution in [0.4, 0.5) is 0 Å². The van der Waals surface area contributed by atoms with E-state index in [1.54, 1.807) is 0 Å². The molecule has 1 heteroatoms. The quantitative estimate of drug-likeness (QED) is 0.524. The highest BCUT2D eigenvalue weighted by molar-refractivity contribution is 14.1. The molecule has 0 aliphatic rings. The van der Waals surface area contributed by atoms with E-state index in [0.29, 0.717) is 5.92 Å². The Morgan fingerprint density at radius 1 is 1.60 bits per heavy atom. The van der Waals surface area contributed by atoms with Crippen molar-refractivity contribution in [3.8, 4) is 0 Å². The first-order valence-electron chi connectivity index (χ1n) is 3.67. The molecule has 0 rings (SSSR count). The Morgan fingerprint density at radius 3 is 2.60 bits per heavy atom. The second-order valence-electron chi connectivity index (χ2n) is 2.46. The Hall–Kier alpha value is 0.210. The molecule has 0 aliphatic carbocycles. The lowest BCUT2D eigenvalue weighted by Crippen LogP contribution is -1.88. The number of allylic oxidation sites excluding steroid dienone is 3. The van der Waals surface area contributed by atoms with Crippen LogP contribution in [0.5, 0.6) is 0 Å². The molecule has 58 valence electrons. The molecule has 1 unspecified atom stereocenters. The summed E-state index contributed by atoms with van der Waals surface area (Å²) in [5.74, 6) is 0.628. The van der Waals surface area contributed by atoms with Crippen LogP contribution in [0.15, 0.2) is 22.3 Å². The number of hydrogen-bond acceptors (Lipinski definition) is 0. The van der Waals surface area contributed by atoms with Gasteiger partial charge in [-0.3, -0.25) is 0 Å².